The molecule has 0 aliphatic carbocycles. The van der Waals surface area contributed by atoms with Crippen LogP contribution in [-0.2, 0) is 6.54 Å². The molecule has 142 valence electrons. The minimum Gasteiger partial charge on any atom is -0.492 e. The van der Waals surface area contributed by atoms with E-state index in [0.29, 0.717) is 19.0 Å². The van der Waals surface area contributed by atoms with E-state index >= 15 is 0 Å². The van der Waals surface area contributed by atoms with E-state index in [-0.39, 0.29) is 0 Å². The highest BCUT2D eigenvalue weighted by Crippen LogP contribution is 2.38. The van der Waals surface area contributed by atoms with Gasteiger partial charge in [-0.1, -0.05) is 53.8 Å². The number of benzene rings is 3. The van der Waals surface area contributed by atoms with E-state index in [1.54, 1.807) is 11.3 Å². The SMILES string of the molecule is Nc1ccccc1N(Cc1ccccc1)c1nc2ccc(OCCCl)cc2s1. The summed E-state index contributed by atoms with van der Waals surface area (Å²) >= 11 is 7.34. The van der Waals surface area contributed by atoms with E-state index in [1.807, 2.05) is 60.7 Å². The maximum absolute atomic E-state index is 6.29. The van der Waals surface area contributed by atoms with Gasteiger partial charge in [-0.25, -0.2) is 4.98 Å². The van der Waals surface area contributed by atoms with E-state index in [9.17, 15) is 0 Å². The molecule has 0 aliphatic rings. The van der Waals surface area contributed by atoms with Crippen molar-refractivity contribution in [3.05, 3.63) is 78.4 Å². The van der Waals surface area contributed by atoms with Gasteiger partial charge in [-0.05, 0) is 35.9 Å². The molecule has 0 atom stereocenters. The van der Waals surface area contributed by atoms with Crippen LogP contribution in [0.1, 0.15) is 5.56 Å². The lowest BCUT2D eigenvalue weighted by Gasteiger charge is -2.23. The first-order valence-electron chi connectivity index (χ1n) is 9.00. The zero-order valence-corrected chi connectivity index (χ0v) is 16.8. The van der Waals surface area contributed by atoms with Gasteiger partial charge in [0.1, 0.15) is 12.4 Å². The number of hydrogen-bond acceptors (Lipinski definition) is 5. The lowest BCUT2D eigenvalue weighted by Crippen LogP contribution is -2.17. The number of hydrogen-bond donors (Lipinski definition) is 1. The molecular weight excluding hydrogens is 390 g/mol. The summed E-state index contributed by atoms with van der Waals surface area (Å²) in [7, 11) is 0. The van der Waals surface area contributed by atoms with E-state index in [2.05, 4.69) is 17.0 Å². The molecule has 0 fully saturated rings. The van der Waals surface area contributed by atoms with Crippen LogP contribution in [0.3, 0.4) is 0 Å². The first kappa shape index (κ1) is 18.6. The van der Waals surface area contributed by atoms with Gasteiger partial charge in [-0.2, -0.15) is 0 Å². The highest BCUT2D eigenvalue weighted by Gasteiger charge is 2.17. The quantitative estimate of drug-likeness (QED) is 0.308. The Labute approximate surface area is 173 Å². The van der Waals surface area contributed by atoms with Crippen molar-refractivity contribution in [3.8, 4) is 5.75 Å². The van der Waals surface area contributed by atoms with Crippen LogP contribution in [0, 0.1) is 0 Å². The number of anilines is 3. The molecule has 1 heterocycles. The van der Waals surface area contributed by atoms with Crippen LogP contribution in [0.15, 0.2) is 72.8 Å². The van der Waals surface area contributed by atoms with Crippen molar-refractivity contribution >= 4 is 49.7 Å². The minimum atomic E-state index is 0.462. The van der Waals surface area contributed by atoms with Gasteiger partial charge in [-0.3, -0.25) is 0 Å². The predicted octanol–water partition coefficient (Wildman–Crippen LogP) is 5.83. The van der Waals surface area contributed by atoms with Gasteiger partial charge in [-0.15, -0.1) is 11.6 Å². The molecule has 1 aromatic heterocycles. The number of alkyl halides is 1. The van der Waals surface area contributed by atoms with E-state index in [4.69, 9.17) is 27.1 Å². The number of nitrogens with zero attached hydrogens (tertiary/aromatic N) is 2. The van der Waals surface area contributed by atoms with Crippen LogP contribution >= 0.6 is 22.9 Å². The molecular formula is C22H20ClN3OS. The Hall–Kier alpha value is -2.76. The number of rotatable bonds is 7. The molecule has 0 aliphatic heterocycles. The number of ether oxygens (including phenoxy) is 1. The molecule has 0 spiro atoms. The van der Waals surface area contributed by atoms with E-state index < -0.39 is 0 Å². The second kappa shape index (κ2) is 8.50. The van der Waals surface area contributed by atoms with Gasteiger partial charge in [0, 0.05) is 0 Å². The van der Waals surface area contributed by atoms with Crippen molar-refractivity contribution < 1.29 is 4.74 Å². The topological polar surface area (TPSA) is 51.4 Å². The van der Waals surface area contributed by atoms with Gasteiger partial charge in [0.25, 0.3) is 0 Å². The number of thiazole rings is 1. The van der Waals surface area contributed by atoms with Gasteiger partial charge in [0.15, 0.2) is 5.13 Å². The number of para-hydroxylation sites is 2. The Balaban J connectivity index is 1.74. The van der Waals surface area contributed by atoms with Crippen LogP contribution in [-0.4, -0.2) is 17.5 Å². The molecule has 0 unspecified atom stereocenters. The molecule has 4 nitrogen and oxygen atoms in total. The molecule has 0 saturated carbocycles. The minimum absolute atomic E-state index is 0.462. The number of nitrogens with two attached hydrogens (primary N) is 1. The molecule has 4 rings (SSSR count). The van der Waals surface area contributed by atoms with Gasteiger partial charge in [0.05, 0.1) is 34.0 Å². The summed E-state index contributed by atoms with van der Waals surface area (Å²) in [6.45, 7) is 1.17. The van der Waals surface area contributed by atoms with Crippen molar-refractivity contribution in [1.82, 2.24) is 4.98 Å². The van der Waals surface area contributed by atoms with Gasteiger partial charge < -0.3 is 15.4 Å². The van der Waals surface area contributed by atoms with Gasteiger partial charge in [0.2, 0.25) is 0 Å². The third-order valence-corrected chi connectivity index (χ3v) is 5.53. The number of halogens is 1. The molecule has 0 saturated heterocycles. The molecule has 0 amide bonds. The summed E-state index contributed by atoms with van der Waals surface area (Å²) < 4.78 is 6.71. The zero-order valence-electron chi connectivity index (χ0n) is 15.2. The first-order valence-corrected chi connectivity index (χ1v) is 10.3. The molecule has 6 heteroatoms. The summed E-state index contributed by atoms with van der Waals surface area (Å²) in [6, 6.07) is 24.1. The lowest BCUT2D eigenvalue weighted by molar-refractivity contribution is 0.343. The fraction of sp³-hybridized carbons (Fsp3) is 0.136. The van der Waals surface area contributed by atoms with Crippen molar-refractivity contribution in [3.63, 3.8) is 0 Å². The maximum Gasteiger partial charge on any atom is 0.191 e. The summed E-state index contributed by atoms with van der Waals surface area (Å²) in [4.78, 5) is 7.02. The van der Waals surface area contributed by atoms with Crippen LogP contribution in [0.25, 0.3) is 10.2 Å². The Bertz CT molecular complexity index is 1070. The van der Waals surface area contributed by atoms with Crippen molar-refractivity contribution in [2.24, 2.45) is 0 Å². The van der Waals surface area contributed by atoms with E-state index in [1.165, 1.54) is 5.56 Å². The highest BCUT2D eigenvalue weighted by atomic mass is 35.5. The lowest BCUT2D eigenvalue weighted by atomic mass is 10.2. The Morgan fingerprint density at radius 1 is 1.00 bits per heavy atom. The summed E-state index contributed by atoms with van der Waals surface area (Å²) in [5, 5.41) is 0.895. The van der Waals surface area contributed by atoms with Crippen LogP contribution in [0.2, 0.25) is 0 Å². The highest BCUT2D eigenvalue weighted by molar-refractivity contribution is 7.22. The van der Waals surface area contributed by atoms with Crippen LogP contribution in [0.5, 0.6) is 5.75 Å². The molecule has 4 aromatic rings. The summed E-state index contributed by atoms with van der Waals surface area (Å²) in [5.41, 5.74) is 10.1. The number of nitrogen functional groups attached to an aromatic ring is 1. The van der Waals surface area contributed by atoms with Crippen molar-refractivity contribution in [2.75, 3.05) is 23.1 Å². The number of aromatic nitrogens is 1. The zero-order chi connectivity index (χ0) is 19.3. The summed E-state index contributed by atoms with van der Waals surface area (Å²) in [6.07, 6.45) is 0. The largest absolute Gasteiger partial charge is 0.492 e. The fourth-order valence-corrected chi connectivity index (χ4v) is 4.09. The predicted molar refractivity (Wildman–Crippen MR) is 119 cm³/mol. The van der Waals surface area contributed by atoms with Gasteiger partial charge >= 0.3 is 0 Å². The standard InChI is InChI=1S/C22H20ClN3OS/c23-12-13-27-17-10-11-19-21(14-17)28-22(25-19)26(15-16-6-2-1-3-7-16)20-9-5-4-8-18(20)24/h1-11,14H,12-13,15,24H2. The van der Waals surface area contributed by atoms with Crippen molar-refractivity contribution in [2.45, 2.75) is 6.54 Å². The third-order valence-electron chi connectivity index (χ3n) is 4.34. The normalized spacial score (nSPS) is 10.9. The third kappa shape index (κ3) is 4.06. The van der Waals surface area contributed by atoms with Crippen LogP contribution in [0.4, 0.5) is 16.5 Å². The first-order chi connectivity index (χ1) is 13.7. The van der Waals surface area contributed by atoms with Crippen molar-refractivity contribution in [1.29, 1.82) is 0 Å². The summed E-state index contributed by atoms with van der Waals surface area (Å²) in [5.74, 6) is 1.27. The smallest absolute Gasteiger partial charge is 0.191 e. The Morgan fingerprint density at radius 3 is 2.57 bits per heavy atom. The molecule has 0 radical (unpaired) electrons. The monoisotopic (exact) mass is 409 g/mol. The van der Waals surface area contributed by atoms with Crippen LogP contribution < -0.4 is 15.4 Å². The Kier molecular flexibility index (Phi) is 5.65. The average molecular weight is 410 g/mol. The van der Waals surface area contributed by atoms with E-state index in [0.717, 1.165) is 32.5 Å². The molecule has 2 N–H and O–H groups in total. The molecule has 28 heavy (non-hydrogen) atoms. The molecule has 3 aromatic carbocycles. The number of fused-ring (bicyclic) bond motifs is 1. The second-order valence-corrected chi connectivity index (χ2v) is 7.68. The average Bonchev–Trinajstić information content (AvgIpc) is 3.15. The fourth-order valence-electron chi connectivity index (χ4n) is 3.01. The Morgan fingerprint density at radius 2 is 1.79 bits per heavy atom. The second-order valence-electron chi connectivity index (χ2n) is 6.29. The molecule has 0 bridgehead atoms. The maximum atomic E-state index is 6.29.